The van der Waals surface area contributed by atoms with Crippen molar-refractivity contribution < 1.29 is 19.1 Å². The molecule has 2 N–H and O–H groups in total. The van der Waals surface area contributed by atoms with Gasteiger partial charge in [0, 0.05) is 16.9 Å². The first-order valence-electron chi connectivity index (χ1n) is 10.2. The van der Waals surface area contributed by atoms with Crippen molar-refractivity contribution in [3.05, 3.63) is 106 Å². The van der Waals surface area contributed by atoms with Gasteiger partial charge < -0.3 is 20.1 Å². The molecule has 3 aromatic carbocycles. The Kier molecular flexibility index (Phi) is 7.02. The van der Waals surface area contributed by atoms with E-state index in [4.69, 9.17) is 9.47 Å². The van der Waals surface area contributed by atoms with E-state index in [-0.39, 0.29) is 11.8 Å². The van der Waals surface area contributed by atoms with Crippen molar-refractivity contribution in [3.8, 4) is 11.5 Å². The van der Waals surface area contributed by atoms with Crippen LogP contribution in [0.5, 0.6) is 11.5 Å². The van der Waals surface area contributed by atoms with E-state index in [1.54, 1.807) is 48.5 Å². The van der Waals surface area contributed by atoms with Crippen LogP contribution in [0.25, 0.3) is 0 Å². The molecular weight excluding hydrogens is 436 g/mol. The molecule has 0 bridgehead atoms. The molecule has 0 aliphatic carbocycles. The first-order chi connectivity index (χ1) is 16.1. The van der Waals surface area contributed by atoms with Crippen LogP contribution in [-0.4, -0.2) is 18.9 Å². The van der Waals surface area contributed by atoms with E-state index in [9.17, 15) is 9.59 Å². The van der Waals surface area contributed by atoms with E-state index in [1.165, 1.54) is 18.4 Å². The number of hydrogen-bond donors (Lipinski definition) is 2. The molecule has 0 saturated carbocycles. The van der Waals surface area contributed by atoms with Crippen molar-refractivity contribution in [3.63, 3.8) is 0 Å². The molecule has 0 fully saturated rings. The van der Waals surface area contributed by atoms with Gasteiger partial charge in [-0.15, -0.1) is 11.3 Å². The Labute approximate surface area is 195 Å². The smallest absolute Gasteiger partial charge is 0.265 e. The minimum absolute atomic E-state index is 0.190. The van der Waals surface area contributed by atoms with Gasteiger partial charge in [0.2, 0.25) is 0 Å². The van der Waals surface area contributed by atoms with Crippen LogP contribution >= 0.6 is 11.3 Å². The maximum absolute atomic E-state index is 12.8. The Bertz CT molecular complexity index is 1240. The van der Waals surface area contributed by atoms with Crippen molar-refractivity contribution in [2.75, 3.05) is 17.7 Å². The fourth-order valence-corrected chi connectivity index (χ4v) is 3.76. The highest BCUT2D eigenvalue weighted by Gasteiger charge is 2.13. The van der Waals surface area contributed by atoms with Gasteiger partial charge in [0.15, 0.2) is 11.5 Å². The number of carbonyl (C=O) groups excluding carboxylic acids is 2. The predicted octanol–water partition coefficient (Wildman–Crippen LogP) is 5.84. The zero-order chi connectivity index (χ0) is 23.0. The van der Waals surface area contributed by atoms with Gasteiger partial charge in [-0.1, -0.05) is 42.5 Å². The number of amides is 2. The van der Waals surface area contributed by atoms with E-state index in [0.717, 1.165) is 5.56 Å². The Hall–Kier alpha value is -4.10. The predicted molar refractivity (Wildman–Crippen MR) is 130 cm³/mol. The molecule has 0 aliphatic rings. The summed E-state index contributed by atoms with van der Waals surface area (Å²) in [5, 5.41) is 7.53. The second kappa shape index (κ2) is 10.5. The van der Waals surface area contributed by atoms with Crippen molar-refractivity contribution in [2.24, 2.45) is 0 Å². The molecule has 7 heteroatoms. The Morgan fingerprint density at radius 2 is 1.55 bits per heavy atom. The topological polar surface area (TPSA) is 76.7 Å². The summed E-state index contributed by atoms with van der Waals surface area (Å²) in [6.45, 7) is 0.396. The lowest BCUT2D eigenvalue weighted by molar-refractivity contribution is 0.102. The third-order valence-electron chi connectivity index (χ3n) is 4.79. The van der Waals surface area contributed by atoms with E-state index >= 15 is 0 Å². The lowest BCUT2D eigenvalue weighted by Gasteiger charge is -2.13. The van der Waals surface area contributed by atoms with Gasteiger partial charge in [0.25, 0.3) is 11.8 Å². The minimum Gasteiger partial charge on any atom is -0.493 e. The Balaban J connectivity index is 1.42. The minimum atomic E-state index is -0.301. The summed E-state index contributed by atoms with van der Waals surface area (Å²) in [6.07, 6.45) is 0. The summed E-state index contributed by atoms with van der Waals surface area (Å²) >= 11 is 1.37. The molecule has 0 radical (unpaired) electrons. The molecule has 6 nitrogen and oxygen atoms in total. The number of hydrogen-bond acceptors (Lipinski definition) is 5. The van der Waals surface area contributed by atoms with Crippen molar-refractivity contribution >= 4 is 34.5 Å². The molecule has 0 saturated heterocycles. The van der Waals surface area contributed by atoms with Gasteiger partial charge >= 0.3 is 0 Å². The molecule has 166 valence electrons. The average molecular weight is 459 g/mol. The van der Waals surface area contributed by atoms with Crippen LogP contribution in [0.1, 0.15) is 25.6 Å². The summed E-state index contributed by atoms with van der Waals surface area (Å²) in [7, 11) is 1.53. The van der Waals surface area contributed by atoms with Crippen LogP contribution < -0.4 is 20.1 Å². The maximum atomic E-state index is 12.8. The zero-order valence-electron chi connectivity index (χ0n) is 17.9. The van der Waals surface area contributed by atoms with Gasteiger partial charge in [0.1, 0.15) is 6.61 Å². The van der Waals surface area contributed by atoms with Crippen LogP contribution in [0.15, 0.2) is 90.3 Å². The number of methoxy groups -OCH3 is 1. The molecule has 33 heavy (non-hydrogen) atoms. The quantitative estimate of drug-likeness (QED) is 0.348. The molecule has 4 aromatic rings. The summed E-state index contributed by atoms with van der Waals surface area (Å²) in [5.74, 6) is 0.528. The highest BCUT2D eigenvalue weighted by Crippen LogP contribution is 2.29. The van der Waals surface area contributed by atoms with E-state index in [2.05, 4.69) is 10.6 Å². The molecule has 0 atom stereocenters. The molecular formula is C26H22N2O4S. The fourth-order valence-electron chi connectivity index (χ4n) is 3.14. The Morgan fingerprint density at radius 1 is 0.788 bits per heavy atom. The van der Waals surface area contributed by atoms with Gasteiger partial charge in [-0.2, -0.15) is 0 Å². The third kappa shape index (κ3) is 5.78. The second-order valence-electron chi connectivity index (χ2n) is 7.11. The number of ether oxygens (including phenoxy) is 2. The largest absolute Gasteiger partial charge is 0.493 e. The first kappa shape index (κ1) is 22.1. The van der Waals surface area contributed by atoms with E-state index < -0.39 is 0 Å². The lowest BCUT2D eigenvalue weighted by Crippen LogP contribution is -2.13. The van der Waals surface area contributed by atoms with Crippen LogP contribution in [-0.2, 0) is 6.61 Å². The summed E-state index contributed by atoms with van der Waals surface area (Å²) in [5.41, 5.74) is 2.61. The van der Waals surface area contributed by atoms with Gasteiger partial charge in [0.05, 0.1) is 12.0 Å². The number of nitrogens with one attached hydrogen (secondary N) is 2. The van der Waals surface area contributed by atoms with Gasteiger partial charge in [-0.25, -0.2) is 0 Å². The molecule has 0 spiro atoms. The summed E-state index contributed by atoms with van der Waals surface area (Å²) in [6, 6.07) is 25.4. The number of carbonyl (C=O) groups is 2. The van der Waals surface area contributed by atoms with Crippen LogP contribution in [0.3, 0.4) is 0 Å². The van der Waals surface area contributed by atoms with Crippen molar-refractivity contribution in [1.29, 1.82) is 0 Å². The SMILES string of the molecule is COc1cc(C(=O)Nc2cccc(NC(=O)c3cccs3)c2)ccc1OCc1ccccc1. The van der Waals surface area contributed by atoms with Crippen molar-refractivity contribution in [2.45, 2.75) is 6.61 Å². The highest BCUT2D eigenvalue weighted by atomic mass is 32.1. The summed E-state index contributed by atoms with van der Waals surface area (Å²) in [4.78, 5) is 25.7. The normalized spacial score (nSPS) is 10.3. The summed E-state index contributed by atoms with van der Waals surface area (Å²) < 4.78 is 11.3. The highest BCUT2D eigenvalue weighted by molar-refractivity contribution is 7.12. The van der Waals surface area contributed by atoms with Crippen LogP contribution in [0, 0.1) is 0 Å². The van der Waals surface area contributed by atoms with Gasteiger partial charge in [-0.3, -0.25) is 9.59 Å². The number of anilines is 2. The van der Waals surface area contributed by atoms with Crippen molar-refractivity contribution in [1.82, 2.24) is 0 Å². The lowest BCUT2D eigenvalue weighted by atomic mass is 10.1. The molecule has 2 amide bonds. The van der Waals surface area contributed by atoms with E-state index in [0.29, 0.717) is 39.9 Å². The monoisotopic (exact) mass is 458 g/mol. The average Bonchev–Trinajstić information content (AvgIpc) is 3.39. The molecule has 0 aliphatic heterocycles. The molecule has 1 heterocycles. The first-order valence-corrected chi connectivity index (χ1v) is 11.1. The number of thiophene rings is 1. The van der Waals surface area contributed by atoms with Crippen LogP contribution in [0.4, 0.5) is 11.4 Å². The number of rotatable bonds is 8. The molecule has 1 aromatic heterocycles. The second-order valence-corrected chi connectivity index (χ2v) is 8.05. The van der Waals surface area contributed by atoms with E-state index in [1.807, 2.05) is 41.8 Å². The third-order valence-corrected chi connectivity index (χ3v) is 5.65. The maximum Gasteiger partial charge on any atom is 0.265 e. The number of benzene rings is 3. The molecule has 0 unspecified atom stereocenters. The van der Waals surface area contributed by atoms with Gasteiger partial charge in [-0.05, 0) is 53.4 Å². The Morgan fingerprint density at radius 3 is 2.24 bits per heavy atom. The molecule has 4 rings (SSSR count). The fraction of sp³-hybridized carbons (Fsp3) is 0.0769. The standard InChI is InChI=1S/C26H22N2O4S/c1-31-23-15-19(12-13-22(23)32-17-18-7-3-2-4-8-18)25(29)27-20-9-5-10-21(16-20)28-26(30)24-11-6-14-33-24/h2-16H,17H2,1H3,(H,27,29)(H,28,30). The van der Waals surface area contributed by atoms with Crippen LogP contribution in [0.2, 0.25) is 0 Å². The zero-order valence-corrected chi connectivity index (χ0v) is 18.7.